The van der Waals surface area contributed by atoms with Crippen molar-refractivity contribution in [2.24, 2.45) is 0 Å². The van der Waals surface area contributed by atoms with Gasteiger partial charge in [0.1, 0.15) is 6.17 Å². The van der Waals surface area contributed by atoms with Gasteiger partial charge in [-0.25, -0.2) is 26.7 Å². The van der Waals surface area contributed by atoms with Gasteiger partial charge in [0.05, 0.1) is 6.67 Å². The Hall–Kier alpha value is -0.950. The molecule has 0 saturated carbocycles. The van der Waals surface area contributed by atoms with Crippen LogP contribution >= 0.6 is 0 Å². The molecule has 24 heavy (non-hydrogen) atoms. The van der Waals surface area contributed by atoms with Crippen LogP contribution in [0.2, 0.25) is 0 Å². The Morgan fingerprint density at radius 2 is 1.17 bits per heavy atom. The Morgan fingerprint density at radius 3 is 1.62 bits per heavy atom. The minimum atomic E-state index is -3.24. The van der Waals surface area contributed by atoms with E-state index in [4.69, 9.17) is 5.11 Å². The van der Waals surface area contributed by atoms with Gasteiger partial charge in [0.15, 0.2) is 18.5 Å². The molecular weight excluding hydrogens is 338 g/mol. The summed E-state index contributed by atoms with van der Waals surface area (Å²) in [5, 5.41) is 8.20. The van der Waals surface area contributed by atoms with Gasteiger partial charge in [-0.1, -0.05) is 44.9 Å². The molecule has 0 aromatic carbocycles. The maximum absolute atomic E-state index is 13.5. The fourth-order valence-electron chi connectivity index (χ4n) is 2.33. The molecule has 1 N–H and O–H groups in total. The summed E-state index contributed by atoms with van der Waals surface area (Å²) in [7, 11) is 0. The molecule has 5 unspecified atom stereocenters. The summed E-state index contributed by atoms with van der Waals surface area (Å²) in [6, 6.07) is 0. The van der Waals surface area contributed by atoms with E-state index in [0.29, 0.717) is 12.8 Å². The van der Waals surface area contributed by atoms with E-state index in [-0.39, 0.29) is 19.5 Å². The molecule has 0 amide bonds. The lowest BCUT2D eigenvalue weighted by atomic mass is 9.99. The number of carboxylic acid groups (broad SMARTS) is 1. The molecule has 0 radical (unpaired) electrons. The highest BCUT2D eigenvalue weighted by Crippen LogP contribution is 2.24. The molecule has 2 nitrogen and oxygen atoms in total. The van der Waals surface area contributed by atoms with E-state index in [1.165, 1.54) is 0 Å². The lowest BCUT2D eigenvalue weighted by Gasteiger charge is -2.21. The topological polar surface area (TPSA) is 37.3 Å². The van der Waals surface area contributed by atoms with Gasteiger partial charge in [-0.3, -0.25) is 4.39 Å². The second kappa shape index (κ2) is 13.4. The highest BCUT2D eigenvalue weighted by molar-refractivity contribution is 5.73. The lowest BCUT2D eigenvalue weighted by Crippen LogP contribution is -2.42. The maximum atomic E-state index is 13.5. The Balaban J connectivity index is 3.86. The first-order valence-electron chi connectivity index (χ1n) is 8.32. The number of rotatable bonds is 15. The number of hydrogen-bond acceptors (Lipinski definition) is 1. The molecule has 5 atom stereocenters. The smallest absolute Gasteiger partial charge is 0.341 e. The molecule has 0 rings (SSSR count). The second-order valence-corrected chi connectivity index (χ2v) is 5.90. The largest absolute Gasteiger partial charge is 0.479 e. The SMILES string of the molecule is O=C(O)C(F)C(F)C(F)C(F)C(F)CCCCCCCCCCF. The van der Waals surface area contributed by atoms with E-state index >= 15 is 0 Å². The van der Waals surface area contributed by atoms with E-state index in [2.05, 4.69) is 0 Å². The molecule has 0 aliphatic heterocycles. The Bertz CT molecular complexity index is 332. The highest BCUT2D eigenvalue weighted by Gasteiger charge is 2.42. The normalized spacial score (nSPS) is 17.9. The van der Waals surface area contributed by atoms with Gasteiger partial charge in [-0.2, -0.15) is 0 Å². The van der Waals surface area contributed by atoms with Crippen LogP contribution in [0.4, 0.5) is 26.3 Å². The average molecular weight is 364 g/mol. The van der Waals surface area contributed by atoms with E-state index < -0.39 is 36.8 Å². The maximum Gasteiger partial charge on any atom is 0.341 e. The lowest BCUT2D eigenvalue weighted by molar-refractivity contribution is -0.147. The molecule has 0 aliphatic rings. The van der Waals surface area contributed by atoms with Crippen molar-refractivity contribution in [2.75, 3.05) is 6.67 Å². The first kappa shape index (κ1) is 23.1. The quantitative estimate of drug-likeness (QED) is 0.319. The van der Waals surface area contributed by atoms with Gasteiger partial charge < -0.3 is 5.11 Å². The number of unbranched alkanes of at least 4 members (excludes halogenated alkanes) is 7. The van der Waals surface area contributed by atoms with Crippen molar-refractivity contribution in [1.29, 1.82) is 0 Å². The van der Waals surface area contributed by atoms with Crippen LogP contribution in [0.3, 0.4) is 0 Å². The van der Waals surface area contributed by atoms with Crippen LogP contribution in [-0.4, -0.2) is 48.6 Å². The van der Waals surface area contributed by atoms with Crippen LogP contribution in [0.5, 0.6) is 0 Å². The third kappa shape index (κ3) is 9.37. The molecule has 0 aliphatic carbocycles. The van der Waals surface area contributed by atoms with Gasteiger partial charge in [-0.15, -0.1) is 0 Å². The van der Waals surface area contributed by atoms with Crippen LogP contribution in [0.15, 0.2) is 0 Å². The first-order valence-corrected chi connectivity index (χ1v) is 8.32. The molecule has 0 aromatic rings. The molecule has 0 aromatic heterocycles. The van der Waals surface area contributed by atoms with Crippen molar-refractivity contribution < 1.29 is 36.2 Å². The van der Waals surface area contributed by atoms with Crippen LogP contribution < -0.4 is 0 Å². The number of halogens is 6. The molecule has 0 saturated heterocycles. The Morgan fingerprint density at radius 1 is 0.708 bits per heavy atom. The molecule has 0 heterocycles. The van der Waals surface area contributed by atoms with Crippen LogP contribution in [0.25, 0.3) is 0 Å². The number of aliphatic carboxylic acids is 1. The zero-order valence-electron chi connectivity index (χ0n) is 13.6. The van der Waals surface area contributed by atoms with E-state index in [1.807, 2.05) is 0 Å². The minimum Gasteiger partial charge on any atom is -0.479 e. The highest BCUT2D eigenvalue weighted by atomic mass is 19.2. The van der Waals surface area contributed by atoms with Crippen LogP contribution in [0.1, 0.15) is 57.8 Å². The zero-order chi connectivity index (χ0) is 18.5. The number of hydrogen-bond donors (Lipinski definition) is 1. The predicted octanol–water partition coefficient (Wildman–Crippen LogP) is 5.24. The van der Waals surface area contributed by atoms with Gasteiger partial charge in [0.25, 0.3) is 0 Å². The standard InChI is InChI=1S/C16H26F6O2/c17-10-8-6-4-2-1-3-5-7-9-11(18)12(19)13(20)14(21)15(22)16(23)24/h11-15H,1-10H2,(H,23,24). The summed E-state index contributed by atoms with van der Waals surface area (Å²) in [5.41, 5.74) is 0. The van der Waals surface area contributed by atoms with Crippen molar-refractivity contribution >= 4 is 5.97 Å². The summed E-state index contributed by atoms with van der Waals surface area (Å²) in [4.78, 5) is 10.2. The molecule has 8 heteroatoms. The molecule has 0 spiro atoms. The van der Waals surface area contributed by atoms with Gasteiger partial charge >= 0.3 is 5.97 Å². The minimum absolute atomic E-state index is 0.272. The zero-order valence-corrected chi connectivity index (χ0v) is 13.6. The van der Waals surface area contributed by atoms with Crippen molar-refractivity contribution in [1.82, 2.24) is 0 Å². The predicted molar refractivity (Wildman–Crippen MR) is 79.6 cm³/mol. The van der Waals surface area contributed by atoms with Gasteiger partial charge in [0, 0.05) is 0 Å². The third-order valence-electron chi connectivity index (χ3n) is 3.83. The second-order valence-electron chi connectivity index (χ2n) is 5.90. The summed E-state index contributed by atoms with van der Waals surface area (Å²) in [6.45, 7) is -0.326. The van der Waals surface area contributed by atoms with Gasteiger partial charge in [-0.05, 0) is 12.8 Å². The van der Waals surface area contributed by atoms with Gasteiger partial charge in [0.2, 0.25) is 6.17 Å². The van der Waals surface area contributed by atoms with Crippen molar-refractivity contribution in [3.63, 3.8) is 0 Å². The average Bonchev–Trinajstić information content (AvgIpc) is 2.57. The third-order valence-corrected chi connectivity index (χ3v) is 3.83. The molecule has 144 valence electrons. The van der Waals surface area contributed by atoms with Crippen LogP contribution in [0, 0.1) is 0 Å². The molecule has 0 bridgehead atoms. The van der Waals surface area contributed by atoms with Crippen molar-refractivity contribution in [2.45, 2.75) is 88.6 Å². The Kier molecular flexibility index (Phi) is 12.8. The van der Waals surface area contributed by atoms with Crippen LogP contribution in [-0.2, 0) is 4.79 Å². The summed E-state index contributed by atoms with van der Waals surface area (Å²) >= 11 is 0. The molecule has 0 fully saturated rings. The Labute approximate surface area is 138 Å². The number of carbonyl (C=O) groups is 1. The fraction of sp³-hybridized carbons (Fsp3) is 0.938. The summed E-state index contributed by atoms with van der Waals surface area (Å²) < 4.78 is 78.0. The monoisotopic (exact) mass is 364 g/mol. The van der Waals surface area contributed by atoms with E-state index in [9.17, 15) is 31.1 Å². The summed E-state index contributed by atoms with van der Waals surface area (Å²) in [6.07, 6.45) is -9.42. The van der Waals surface area contributed by atoms with Crippen molar-refractivity contribution in [3.8, 4) is 0 Å². The van der Waals surface area contributed by atoms with Crippen molar-refractivity contribution in [3.05, 3.63) is 0 Å². The number of alkyl halides is 6. The summed E-state index contributed by atoms with van der Waals surface area (Å²) in [5.74, 6) is -2.25. The number of carboxylic acids is 1. The fourth-order valence-corrected chi connectivity index (χ4v) is 2.33. The van der Waals surface area contributed by atoms with E-state index in [1.54, 1.807) is 0 Å². The molecular formula is C16H26F6O2. The first-order chi connectivity index (χ1) is 11.3. The van der Waals surface area contributed by atoms with E-state index in [0.717, 1.165) is 32.1 Å².